The van der Waals surface area contributed by atoms with Crippen LogP contribution >= 0.6 is 0 Å². The number of piperidine rings is 3. The maximum atomic E-state index is 12.9. The topological polar surface area (TPSA) is 72.9 Å². The number of hydrogen-bond donors (Lipinski definition) is 0. The SMILES string of the molecule is COC(=O)C1C(=O)C(C(=O)OC)C2CCCC3CCCC1N32. The number of carbonyl (C=O) groups excluding carboxylic acids is 3. The predicted molar refractivity (Wildman–Crippen MR) is 76.9 cm³/mol. The molecule has 0 bridgehead atoms. The van der Waals surface area contributed by atoms with Crippen LogP contribution in [0.15, 0.2) is 0 Å². The van der Waals surface area contributed by atoms with Crippen LogP contribution in [0.3, 0.4) is 0 Å². The van der Waals surface area contributed by atoms with Gasteiger partial charge in [-0.25, -0.2) is 0 Å². The van der Waals surface area contributed by atoms with Crippen LogP contribution in [-0.4, -0.2) is 55.0 Å². The summed E-state index contributed by atoms with van der Waals surface area (Å²) in [5.41, 5.74) is 0. The number of rotatable bonds is 2. The fourth-order valence-electron chi connectivity index (χ4n) is 4.70. The van der Waals surface area contributed by atoms with Gasteiger partial charge in [0.25, 0.3) is 0 Å². The van der Waals surface area contributed by atoms with Crippen molar-refractivity contribution >= 4 is 17.7 Å². The highest BCUT2D eigenvalue weighted by Crippen LogP contribution is 2.44. The van der Waals surface area contributed by atoms with E-state index in [1.165, 1.54) is 14.2 Å². The number of hydrogen-bond acceptors (Lipinski definition) is 6. The standard InChI is InChI=1S/C16H23NO5/c1-21-15(19)12-10-7-3-5-9-6-4-8-11(17(9)10)13(14(12)18)16(20)22-2/h9-13H,3-8H2,1-2H3. The number of esters is 2. The summed E-state index contributed by atoms with van der Waals surface area (Å²) in [5.74, 6) is -3.06. The number of Topliss-reactive ketones (excluding diaryl/α,β-unsaturated/α-hetero) is 1. The molecule has 3 fully saturated rings. The van der Waals surface area contributed by atoms with Gasteiger partial charge in [-0.05, 0) is 25.7 Å². The van der Waals surface area contributed by atoms with Crippen molar-refractivity contribution in [3.63, 3.8) is 0 Å². The molecular formula is C16H23NO5. The van der Waals surface area contributed by atoms with Crippen molar-refractivity contribution in [2.24, 2.45) is 11.8 Å². The number of carbonyl (C=O) groups is 3. The molecule has 0 aromatic carbocycles. The first-order valence-corrected chi connectivity index (χ1v) is 8.07. The van der Waals surface area contributed by atoms with Crippen molar-refractivity contribution in [2.45, 2.75) is 56.7 Å². The lowest BCUT2D eigenvalue weighted by Gasteiger charge is -2.55. The van der Waals surface area contributed by atoms with Gasteiger partial charge < -0.3 is 9.47 Å². The quantitative estimate of drug-likeness (QED) is 0.558. The van der Waals surface area contributed by atoms with Gasteiger partial charge in [0.15, 0.2) is 5.78 Å². The summed E-state index contributed by atoms with van der Waals surface area (Å²) in [6.45, 7) is 0. The van der Waals surface area contributed by atoms with E-state index in [2.05, 4.69) is 4.90 Å². The van der Waals surface area contributed by atoms with E-state index in [1.54, 1.807) is 0 Å². The second-order valence-electron chi connectivity index (χ2n) is 6.50. The third-order valence-electron chi connectivity index (χ3n) is 5.55. The van der Waals surface area contributed by atoms with Gasteiger partial charge in [-0.3, -0.25) is 19.3 Å². The molecule has 0 saturated carbocycles. The molecule has 3 aliphatic rings. The van der Waals surface area contributed by atoms with E-state index >= 15 is 0 Å². The molecule has 0 aliphatic carbocycles. The van der Waals surface area contributed by atoms with Gasteiger partial charge in [0, 0.05) is 18.1 Å². The van der Waals surface area contributed by atoms with Gasteiger partial charge in [0.05, 0.1) is 14.2 Å². The fourth-order valence-corrected chi connectivity index (χ4v) is 4.70. The van der Waals surface area contributed by atoms with E-state index in [4.69, 9.17) is 9.47 Å². The predicted octanol–water partition coefficient (Wildman–Crippen LogP) is 0.923. The van der Waals surface area contributed by atoms with Crippen LogP contribution in [-0.2, 0) is 23.9 Å². The van der Waals surface area contributed by atoms with E-state index in [0.29, 0.717) is 6.04 Å². The molecule has 3 rings (SSSR count). The highest BCUT2D eigenvalue weighted by Gasteiger charge is 2.57. The lowest BCUT2D eigenvalue weighted by atomic mass is 9.69. The molecule has 0 N–H and O–H groups in total. The zero-order valence-corrected chi connectivity index (χ0v) is 13.1. The third kappa shape index (κ3) is 2.24. The third-order valence-corrected chi connectivity index (χ3v) is 5.55. The average molecular weight is 309 g/mol. The monoisotopic (exact) mass is 309 g/mol. The first-order chi connectivity index (χ1) is 10.6. The van der Waals surface area contributed by atoms with Crippen LogP contribution < -0.4 is 0 Å². The molecule has 122 valence electrons. The number of ketones is 1. The minimum atomic E-state index is -0.855. The molecule has 6 heteroatoms. The Bertz CT molecular complexity index is 451. The molecular weight excluding hydrogens is 286 g/mol. The van der Waals surface area contributed by atoms with Gasteiger partial charge in [-0.1, -0.05) is 12.8 Å². The molecule has 4 unspecified atom stereocenters. The number of methoxy groups -OCH3 is 2. The summed E-state index contributed by atoms with van der Waals surface area (Å²) in [4.78, 5) is 39.5. The van der Waals surface area contributed by atoms with Gasteiger partial charge in [0.2, 0.25) is 0 Å². The molecule has 4 atom stereocenters. The summed E-state index contributed by atoms with van der Waals surface area (Å²) >= 11 is 0. The maximum absolute atomic E-state index is 12.9. The Morgan fingerprint density at radius 2 is 1.36 bits per heavy atom. The lowest BCUT2D eigenvalue weighted by molar-refractivity contribution is -0.174. The maximum Gasteiger partial charge on any atom is 0.317 e. The Hall–Kier alpha value is -1.43. The Morgan fingerprint density at radius 3 is 1.77 bits per heavy atom. The Balaban J connectivity index is 2.01. The largest absolute Gasteiger partial charge is 0.468 e. The molecule has 0 spiro atoms. The summed E-state index contributed by atoms with van der Waals surface area (Å²) in [7, 11) is 2.59. The van der Waals surface area contributed by atoms with E-state index in [1.807, 2.05) is 0 Å². The van der Waals surface area contributed by atoms with Crippen LogP contribution in [0.5, 0.6) is 0 Å². The molecule has 22 heavy (non-hydrogen) atoms. The normalized spacial score (nSPS) is 38.1. The smallest absolute Gasteiger partial charge is 0.317 e. The highest BCUT2D eigenvalue weighted by atomic mass is 16.5. The van der Waals surface area contributed by atoms with Gasteiger partial charge in [-0.15, -0.1) is 0 Å². The average Bonchev–Trinajstić information content (AvgIpc) is 2.54. The fraction of sp³-hybridized carbons (Fsp3) is 0.812. The van der Waals surface area contributed by atoms with Crippen molar-refractivity contribution in [1.29, 1.82) is 0 Å². The Labute approximate surface area is 130 Å². The van der Waals surface area contributed by atoms with Crippen molar-refractivity contribution in [3.8, 4) is 0 Å². The van der Waals surface area contributed by atoms with E-state index in [9.17, 15) is 14.4 Å². The van der Waals surface area contributed by atoms with Gasteiger partial charge in [-0.2, -0.15) is 0 Å². The summed E-state index contributed by atoms with van der Waals surface area (Å²) < 4.78 is 9.71. The van der Waals surface area contributed by atoms with Crippen molar-refractivity contribution < 1.29 is 23.9 Å². The van der Waals surface area contributed by atoms with Gasteiger partial charge in [0.1, 0.15) is 11.8 Å². The van der Waals surface area contributed by atoms with E-state index in [0.717, 1.165) is 38.5 Å². The molecule has 3 heterocycles. The summed E-state index contributed by atoms with van der Waals surface area (Å²) in [5, 5.41) is 0. The molecule has 0 aromatic rings. The Morgan fingerprint density at radius 1 is 0.909 bits per heavy atom. The van der Waals surface area contributed by atoms with Crippen molar-refractivity contribution in [1.82, 2.24) is 4.90 Å². The van der Waals surface area contributed by atoms with Crippen LogP contribution in [0, 0.1) is 11.8 Å². The van der Waals surface area contributed by atoms with E-state index < -0.39 is 23.8 Å². The van der Waals surface area contributed by atoms with Gasteiger partial charge >= 0.3 is 11.9 Å². The minimum Gasteiger partial charge on any atom is -0.468 e. The molecule has 0 aromatic heterocycles. The summed E-state index contributed by atoms with van der Waals surface area (Å²) in [6, 6.07) is 0.125. The second kappa shape index (κ2) is 5.99. The van der Waals surface area contributed by atoms with Crippen LogP contribution in [0.25, 0.3) is 0 Å². The molecule has 3 aliphatic heterocycles. The van der Waals surface area contributed by atoms with E-state index in [-0.39, 0.29) is 17.9 Å². The van der Waals surface area contributed by atoms with Crippen LogP contribution in [0.4, 0.5) is 0 Å². The molecule has 6 nitrogen and oxygen atoms in total. The minimum absolute atomic E-state index is 0.120. The van der Waals surface area contributed by atoms with Crippen LogP contribution in [0.2, 0.25) is 0 Å². The molecule has 0 amide bonds. The summed E-state index contributed by atoms with van der Waals surface area (Å²) in [6.07, 6.45) is 5.80. The highest BCUT2D eigenvalue weighted by molar-refractivity contribution is 6.10. The Kier molecular flexibility index (Phi) is 4.21. The second-order valence-corrected chi connectivity index (χ2v) is 6.50. The first kappa shape index (κ1) is 15.5. The van der Waals surface area contributed by atoms with Crippen molar-refractivity contribution in [3.05, 3.63) is 0 Å². The zero-order valence-electron chi connectivity index (χ0n) is 13.1. The molecule has 3 saturated heterocycles. The zero-order chi connectivity index (χ0) is 15.9. The number of ether oxygens (including phenoxy) is 2. The van der Waals surface area contributed by atoms with Crippen molar-refractivity contribution in [2.75, 3.05) is 14.2 Å². The first-order valence-electron chi connectivity index (χ1n) is 8.07. The van der Waals surface area contributed by atoms with Crippen LogP contribution in [0.1, 0.15) is 38.5 Å². The lowest BCUT2D eigenvalue weighted by Crippen LogP contribution is -2.68. The number of nitrogens with zero attached hydrogens (tertiary/aromatic N) is 1. The molecule has 0 radical (unpaired) electrons.